The molecule has 0 aliphatic heterocycles. The maximum atomic E-state index is 12.6. The molecule has 150 valence electrons. The van der Waals surface area contributed by atoms with Crippen LogP contribution in [0, 0.1) is 0 Å². The fourth-order valence-electron chi connectivity index (χ4n) is 3.10. The zero-order valence-corrected chi connectivity index (χ0v) is 16.9. The van der Waals surface area contributed by atoms with Crippen molar-refractivity contribution in [3.05, 3.63) is 65.7 Å². The van der Waals surface area contributed by atoms with Gasteiger partial charge in [-0.15, -0.1) is 0 Å². The SMILES string of the molecule is COc1cccc(C(CNC(=O)CC(NC(C)=O)c2ccccc2)N(C)C)c1. The van der Waals surface area contributed by atoms with Crippen molar-refractivity contribution in [2.24, 2.45) is 0 Å². The lowest BCUT2D eigenvalue weighted by atomic mass is 10.0. The van der Waals surface area contributed by atoms with Crippen LogP contribution < -0.4 is 15.4 Å². The smallest absolute Gasteiger partial charge is 0.222 e. The summed E-state index contributed by atoms with van der Waals surface area (Å²) in [5, 5.41) is 5.86. The molecular formula is C22H29N3O3. The van der Waals surface area contributed by atoms with Gasteiger partial charge < -0.3 is 20.3 Å². The van der Waals surface area contributed by atoms with Gasteiger partial charge in [-0.3, -0.25) is 9.59 Å². The van der Waals surface area contributed by atoms with Crippen molar-refractivity contribution >= 4 is 11.8 Å². The Morgan fingerprint density at radius 2 is 1.71 bits per heavy atom. The van der Waals surface area contributed by atoms with Crippen LogP contribution in [0.3, 0.4) is 0 Å². The summed E-state index contributed by atoms with van der Waals surface area (Å²) >= 11 is 0. The van der Waals surface area contributed by atoms with Crippen molar-refractivity contribution in [2.75, 3.05) is 27.7 Å². The van der Waals surface area contributed by atoms with Gasteiger partial charge in [0.1, 0.15) is 5.75 Å². The molecule has 2 N–H and O–H groups in total. The third-order valence-corrected chi connectivity index (χ3v) is 4.56. The van der Waals surface area contributed by atoms with E-state index in [1.165, 1.54) is 6.92 Å². The maximum Gasteiger partial charge on any atom is 0.222 e. The van der Waals surface area contributed by atoms with Gasteiger partial charge in [-0.05, 0) is 37.4 Å². The maximum absolute atomic E-state index is 12.6. The number of hydrogen-bond acceptors (Lipinski definition) is 4. The van der Waals surface area contributed by atoms with Gasteiger partial charge >= 0.3 is 0 Å². The summed E-state index contributed by atoms with van der Waals surface area (Å²) in [5.41, 5.74) is 1.97. The number of nitrogens with one attached hydrogen (secondary N) is 2. The highest BCUT2D eigenvalue weighted by molar-refractivity contribution is 5.79. The Hall–Kier alpha value is -2.86. The van der Waals surface area contributed by atoms with E-state index in [-0.39, 0.29) is 30.3 Å². The van der Waals surface area contributed by atoms with Crippen LogP contribution in [-0.4, -0.2) is 44.5 Å². The first kappa shape index (κ1) is 21.4. The van der Waals surface area contributed by atoms with Crippen molar-refractivity contribution in [3.63, 3.8) is 0 Å². The van der Waals surface area contributed by atoms with E-state index < -0.39 is 0 Å². The molecule has 0 bridgehead atoms. The van der Waals surface area contributed by atoms with Crippen LogP contribution in [0.15, 0.2) is 54.6 Å². The fourth-order valence-corrected chi connectivity index (χ4v) is 3.10. The van der Waals surface area contributed by atoms with Crippen LogP contribution in [0.1, 0.15) is 36.6 Å². The minimum Gasteiger partial charge on any atom is -0.497 e. The second-order valence-corrected chi connectivity index (χ2v) is 6.93. The molecule has 0 aliphatic rings. The summed E-state index contributed by atoms with van der Waals surface area (Å²) in [6.07, 6.45) is 0.182. The third kappa shape index (κ3) is 6.39. The Labute approximate surface area is 166 Å². The number of amides is 2. The number of carbonyl (C=O) groups excluding carboxylic acids is 2. The van der Waals surface area contributed by atoms with Crippen LogP contribution in [0.5, 0.6) is 5.75 Å². The molecule has 0 heterocycles. The summed E-state index contributed by atoms with van der Waals surface area (Å²) in [6, 6.07) is 17.0. The molecule has 2 unspecified atom stereocenters. The summed E-state index contributed by atoms with van der Waals surface area (Å²) in [7, 11) is 5.58. The number of rotatable bonds is 9. The van der Waals surface area contributed by atoms with Gasteiger partial charge in [-0.1, -0.05) is 42.5 Å². The van der Waals surface area contributed by atoms with E-state index in [0.717, 1.165) is 16.9 Å². The van der Waals surface area contributed by atoms with Gasteiger partial charge in [0.25, 0.3) is 0 Å². The molecule has 2 aromatic carbocycles. The second kappa shape index (κ2) is 10.5. The van der Waals surface area contributed by atoms with Crippen LogP contribution >= 0.6 is 0 Å². The molecule has 0 spiro atoms. The molecule has 2 atom stereocenters. The second-order valence-electron chi connectivity index (χ2n) is 6.93. The van der Waals surface area contributed by atoms with E-state index in [2.05, 4.69) is 15.5 Å². The molecule has 28 heavy (non-hydrogen) atoms. The van der Waals surface area contributed by atoms with Gasteiger partial charge in [-0.2, -0.15) is 0 Å². The lowest BCUT2D eigenvalue weighted by Gasteiger charge is -2.26. The molecule has 6 nitrogen and oxygen atoms in total. The number of likely N-dealkylation sites (N-methyl/N-ethyl adjacent to an activating group) is 1. The molecule has 0 saturated carbocycles. The Bertz CT molecular complexity index is 778. The topological polar surface area (TPSA) is 70.7 Å². The molecule has 0 fully saturated rings. The standard InChI is InChI=1S/C22H29N3O3/c1-16(26)24-20(17-9-6-5-7-10-17)14-22(27)23-15-21(25(2)3)18-11-8-12-19(13-18)28-4/h5-13,20-21H,14-15H2,1-4H3,(H,23,27)(H,24,26). The molecule has 6 heteroatoms. The predicted molar refractivity (Wildman–Crippen MR) is 110 cm³/mol. The quantitative estimate of drug-likeness (QED) is 0.698. The summed E-state index contributed by atoms with van der Waals surface area (Å²) in [4.78, 5) is 26.2. The van der Waals surface area contributed by atoms with Gasteiger partial charge in [-0.25, -0.2) is 0 Å². The number of methoxy groups -OCH3 is 1. The average molecular weight is 383 g/mol. The van der Waals surface area contributed by atoms with Crippen molar-refractivity contribution < 1.29 is 14.3 Å². The molecule has 0 saturated heterocycles. The number of benzene rings is 2. The molecule has 2 rings (SSSR count). The number of ether oxygens (including phenoxy) is 1. The first-order valence-corrected chi connectivity index (χ1v) is 9.29. The first-order valence-electron chi connectivity index (χ1n) is 9.29. The third-order valence-electron chi connectivity index (χ3n) is 4.56. The fraction of sp³-hybridized carbons (Fsp3) is 0.364. The van der Waals surface area contributed by atoms with Crippen LogP contribution in [0.2, 0.25) is 0 Å². The molecule has 2 aromatic rings. The lowest BCUT2D eigenvalue weighted by molar-refractivity contribution is -0.123. The van der Waals surface area contributed by atoms with E-state index >= 15 is 0 Å². The van der Waals surface area contributed by atoms with Crippen molar-refractivity contribution in [3.8, 4) is 5.75 Å². The number of carbonyl (C=O) groups is 2. The predicted octanol–water partition coefficient (Wildman–Crippen LogP) is 2.68. The Morgan fingerprint density at radius 1 is 1.04 bits per heavy atom. The van der Waals surface area contributed by atoms with Crippen LogP contribution in [0.25, 0.3) is 0 Å². The van der Waals surface area contributed by atoms with Gasteiger partial charge in [0.2, 0.25) is 11.8 Å². The van der Waals surface area contributed by atoms with Crippen molar-refractivity contribution in [1.82, 2.24) is 15.5 Å². The monoisotopic (exact) mass is 383 g/mol. The van der Waals surface area contributed by atoms with Gasteiger partial charge in [0.05, 0.1) is 25.6 Å². The van der Waals surface area contributed by atoms with Crippen LogP contribution in [0.4, 0.5) is 0 Å². The van der Waals surface area contributed by atoms with E-state index in [0.29, 0.717) is 6.54 Å². The summed E-state index contributed by atoms with van der Waals surface area (Å²) in [6.45, 7) is 1.92. The van der Waals surface area contributed by atoms with Crippen molar-refractivity contribution in [1.29, 1.82) is 0 Å². The minimum absolute atomic E-state index is 0.00925. The lowest BCUT2D eigenvalue weighted by Crippen LogP contribution is -2.37. The van der Waals surface area contributed by atoms with Crippen molar-refractivity contribution in [2.45, 2.75) is 25.4 Å². The van der Waals surface area contributed by atoms with E-state index in [9.17, 15) is 9.59 Å². The van der Waals surface area contributed by atoms with E-state index in [1.807, 2.05) is 68.7 Å². The van der Waals surface area contributed by atoms with Gasteiger partial charge in [0, 0.05) is 13.5 Å². The molecule has 0 aromatic heterocycles. The Kier molecular flexibility index (Phi) is 8.02. The minimum atomic E-state index is -0.353. The highest BCUT2D eigenvalue weighted by Gasteiger charge is 2.19. The zero-order valence-electron chi connectivity index (χ0n) is 16.9. The number of nitrogens with zero attached hydrogens (tertiary/aromatic N) is 1. The first-order chi connectivity index (χ1) is 13.4. The summed E-state index contributed by atoms with van der Waals surface area (Å²) < 4.78 is 5.30. The zero-order chi connectivity index (χ0) is 20.5. The van der Waals surface area contributed by atoms with Crippen LogP contribution in [-0.2, 0) is 9.59 Å². The Morgan fingerprint density at radius 3 is 2.32 bits per heavy atom. The summed E-state index contributed by atoms with van der Waals surface area (Å²) in [5.74, 6) is 0.507. The normalized spacial score (nSPS) is 12.9. The Balaban J connectivity index is 2.03. The molecule has 0 aliphatic carbocycles. The van der Waals surface area contributed by atoms with E-state index in [1.54, 1.807) is 7.11 Å². The molecule has 2 amide bonds. The average Bonchev–Trinajstić information content (AvgIpc) is 2.68. The number of hydrogen-bond donors (Lipinski definition) is 2. The molecule has 0 radical (unpaired) electrons. The highest BCUT2D eigenvalue weighted by atomic mass is 16.5. The highest BCUT2D eigenvalue weighted by Crippen LogP contribution is 2.22. The molecular weight excluding hydrogens is 354 g/mol. The van der Waals surface area contributed by atoms with E-state index in [4.69, 9.17) is 4.74 Å². The largest absolute Gasteiger partial charge is 0.497 e. The van der Waals surface area contributed by atoms with Gasteiger partial charge in [0.15, 0.2) is 0 Å².